The number of hydrogen-bond acceptors (Lipinski definition) is 1. The van der Waals surface area contributed by atoms with Gasteiger partial charge in [-0.05, 0) is 6.42 Å². The quantitative estimate of drug-likeness (QED) is 0.655. The molecule has 0 aromatic carbocycles. The van der Waals surface area contributed by atoms with Crippen LogP contribution in [0.4, 0.5) is 0 Å². The van der Waals surface area contributed by atoms with Crippen LogP contribution < -0.4 is 0 Å². The standard InChI is InChI=1S/C8H8NO.Rf/c10-8-3-1-2-7-6(8)4-5-9-7;/h4,9H,1-3H2;/q-1;. The second-order valence-corrected chi connectivity index (χ2v) is 2.58. The van der Waals surface area contributed by atoms with Crippen LogP contribution in [-0.4, -0.2) is 10.8 Å². The maximum atomic E-state index is 11.1. The van der Waals surface area contributed by atoms with Crippen molar-refractivity contribution in [2.24, 2.45) is 0 Å². The molecule has 0 saturated carbocycles. The average Bonchev–Trinajstić information content (AvgIpc) is 2.36. The minimum atomic E-state index is 0. The van der Waals surface area contributed by atoms with Crippen LogP contribution in [0, 0.1) is 6.20 Å². The third-order valence-corrected chi connectivity index (χ3v) is 1.90. The van der Waals surface area contributed by atoms with Gasteiger partial charge in [-0.15, -0.1) is 17.5 Å². The van der Waals surface area contributed by atoms with Crippen LogP contribution in [0.3, 0.4) is 0 Å². The summed E-state index contributed by atoms with van der Waals surface area (Å²) in [6, 6.07) is 1.75. The molecule has 11 heavy (non-hydrogen) atoms. The Morgan fingerprint density at radius 3 is 3.00 bits per heavy atom. The SMILES string of the molecule is O=C1CCCc2[nH][c-]cc21.[Rf]. The zero-order valence-corrected chi connectivity index (χ0v) is 12.7. The molecule has 0 atom stereocenters. The summed E-state index contributed by atoms with van der Waals surface area (Å²) in [5.41, 5.74) is 1.92. The summed E-state index contributed by atoms with van der Waals surface area (Å²) < 4.78 is 0. The Hall–Kier alpha value is -2.05. The largest absolute Gasteiger partial charge is 0.481 e. The van der Waals surface area contributed by atoms with Gasteiger partial charge >= 0.3 is 0 Å². The summed E-state index contributed by atoms with van der Waals surface area (Å²) in [5.74, 6) is 0.263. The Labute approximate surface area is 59.3 Å². The average molecular weight is 401 g/mol. The van der Waals surface area contributed by atoms with Crippen molar-refractivity contribution in [2.75, 3.05) is 0 Å². The second-order valence-electron chi connectivity index (χ2n) is 2.58. The minimum absolute atomic E-state index is 0. The Balaban J connectivity index is 0.000000605. The first-order chi connectivity index (χ1) is 4.88. The fourth-order valence-corrected chi connectivity index (χ4v) is 1.36. The maximum absolute atomic E-state index is 11.1. The first-order valence-electron chi connectivity index (χ1n) is 3.49. The number of aromatic amines is 1. The van der Waals surface area contributed by atoms with Crippen LogP contribution in [0.5, 0.6) is 0 Å². The van der Waals surface area contributed by atoms with Crippen LogP contribution in [0.1, 0.15) is 28.9 Å². The molecular weight excluding hydrogens is 393 g/mol. The molecule has 1 N–H and O–H groups in total. The van der Waals surface area contributed by atoms with Gasteiger partial charge in [-0.2, -0.15) is 6.07 Å². The molecule has 0 aliphatic heterocycles. The minimum Gasteiger partial charge on any atom is -0.481 e. The molecule has 0 bridgehead atoms. The first-order valence-corrected chi connectivity index (χ1v) is 3.49. The molecule has 3 heteroatoms. The molecule has 1 heterocycles. The Morgan fingerprint density at radius 1 is 1.45 bits per heavy atom. The number of Topliss-reactive ketones (excluding diaryl/α,β-unsaturated/α-hetero) is 1. The van der Waals surface area contributed by atoms with E-state index >= 15 is 0 Å². The van der Waals surface area contributed by atoms with Crippen molar-refractivity contribution in [3.8, 4) is 0 Å². The zero-order chi connectivity index (χ0) is 6.97. The topological polar surface area (TPSA) is 32.9 Å². The number of carbonyl (C=O) groups is 1. The second kappa shape index (κ2) is 2.29. The summed E-state index contributed by atoms with van der Waals surface area (Å²) in [6.07, 6.45) is 5.52. The number of ketones is 1. The molecule has 0 spiro atoms. The molecule has 1 aliphatic rings. The molecular formula is C8H8NORf-. The third-order valence-electron chi connectivity index (χ3n) is 1.90. The van der Waals surface area contributed by atoms with Gasteiger partial charge in [0.1, 0.15) is 0 Å². The van der Waals surface area contributed by atoms with Gasteiger partial charge in [0.25, 0.3) is 0 Å². The molecule has 54 valence electrons. The van der Waals surface area contributed by atoms with E-state index in [0.29, 0.717) is 6.42 Å². The van der Waals surface area contributed by atoms with Gasteiger partial charge in [-0.25, -0.2) is 0 Å². The monoisotopic (exact) mass is 401 g/mol. The van der Waals surface area contributed by atoms with Crippen molar-refractivity contribution in [1.82, 2.24) is 4.98 Å². The van der Waals surface area contributed by atoms with Crippen molar-refractivity contribution in [3.63, 3.8) is 0 Å². The summed E-state index contributed by atoms with van der Waals surface area (Å²) in [6.45, 7) is 0. The number of hydrogen-bond donors (Lipinski definition) is 1. The number of aryl methyl sites for hydroxylation is 1. The predicted molar refractivity (Wildman–Crippen MR) is 36.9 cm³/mol. The van der Waals surface area contributed by atoms with E-state index in [4.69, 9.17) is 0 Å². The van der Waals surface area contributed by atoms with Gasteiger partial charge in [0.15, 0.2) is 0 Å². The summed E-state index contributed by atoms with van der Waals surface area (Å²) in [4.78, 5) is 14.0. The van der Waals surface area contributed by atoms with Gasteiger partial charge in [0.2, 0.25) is 0 Å². The van der Waals surface area contributed by atoms with Crippen LogP contribution in [0.25, 0.3) is 0 Å². The van der Waals surface area contributed by atoms with E-state index in [1.54, 1.807) is 6.07 Å². The van der Waals surface area contributed by atoms with Crippen LogP contribution in [0.15, 0.2) is 6.07 Å². The Kier molecular flexibility index (Phi) is 1.47. The van der Waals surface area contributed by atoms with Crippen LogP contribution in [-0.2, 0) is 6.42 Å². The summed E-state index contributed by atoms with van der Waals surface area (Å²) >= 11 is 0. The predicted octanol–water partition coefficient (Wildman–Crippen LogP) is 1.33. The smallest absolute Gasteiger partial charge is 0.0991 e. The zero-order valence-electron chi connectivity index (χ0n) is 6.31. The third kappa shape index (κ3) is 0.874. The van der Waals surface area contributed by atoms with Gasteiger partial charge in [0.05, 0.1) is 5.78 Å². The fourth-order valence-electron chi connectivity index (χ4n) is 1.36. The fraction of sp³-hybridized carbons (Fsp3) is 0.375. The Morgan fingerprint density at radius 2 is 2.27 bits per heavy atom. The van der Waals surface area contributed by atoms with Gasteiger partial charge in [0, 0.05) is 0 Å². The number of aromatic nitrogens is 1. The summed E-state index contributed by atoms with van der Waals surface area (Å²) in [5, 5.41) is 0. The number of rotatable bonds is 0. The number of nitrogens with one attached hydrogen (secondary N) is 1. The molecule has 2 rings (SSSR count). The molecule has 1 aromatic rings. The van der Waals surface area contributed by atoms with Crippen molar-refractivity contribution in [3.05, 3.63) is 23.5 Å². The van der Waals surface area contributed by atoms with Gasteiger partial charge < -0.3 is 9.78 Å². The molecule has 1 aliphatic carbocycles. The van der Waals surface area contributed by atoms with Crippen molar-refractivity contribution < 1.29 is 4.79 Å². The molecule has 0 unspecified atom stereocenters. The summed E-state index contributed by atoms with van der Waals surface area (Å²) in [7, 11) is 0. The molecule has 0 amide bonds. The van der Waals surface area contributed by atoms with Crippen molar-refractivity contribution >= 4 is 5.78 Å². The number of H-pyrrole nitrogens is 1. The number of fused-ring (bicyclic) bond motifs is 1. The van der Waals surface area contributed by atoms with E-state index in [0.717, 1.165) is 24.1 Å². The molecule has 1 aromatic heterocycles. The molecule has 2 nitrogen and oxygen atoms in total. The molecule has 0 fully saturated rings. The van der Waals surface area contributed by atoms with Gasteiger partial charge in [-0.1, -0.05) is 12.8 Å². The van der Waals surface area contributed by atoms with Gasteiger partial charge in [-0.3, -0.25) is 0 Å². The van der Waals surface area contributed by atoms with E-state index in [-0.39, 0.29) is 5.78 Å². The maximum Gasteiger partial charge on any atom is 0.0991 e. The first kappa shape index (κ1) is 7.06. The van der Waals surface area contributed by atoms with Crippen molar-refractivity contribution in [1.29, 1.82) is 0 Å². The van der Waals surface area contributed by atoms with E-state index in [1.807, 2.05) is 0 Å². The normalized spacial score (nSPS) is 15.5. The van der Waals surface area contributed by atoms with E-state index in [9.17, 15) is 4.79 Å². The number of carbonyl (C=O) groups excluding carboxylic acids is 1. The van der Waals surface area contributed by atoms with E-state index in [1.165, 1.54) is 0 Å². The van der Waals surface area contributed by atoms with E-state index in [2.05, 4.69) is 11.2 Å². The molecule has 0 radical (unpaired) electrons. The van der Waals surface area contributed by atoms with Crippen molar-refractivity contribution in [2.45, 2.75) is 19.3 Å². The Bertz CT molecular complexity index is 267. The molecule has 0 saturated heterocycles. The van der Waals surface area contributed by atoms with Crippen LogP contribution >= 0.6 is 0 Å². The van der Waals surface area contributed by atoms with Crippen LogP contribution in [0.2, 0.25) is 0 Å². The van der Waals surface area contributed by atoms with E-state index < -0.39 is 0 Å².